The smallest absolute Gasteiger partial charge is 0.317 e. The van der Waals surface area contributed by atoms with Crippen LogP contribution in [0.1, 0.15) is 28.8 Å². The van der Waals surface area contributed by atoms with E-state index in [0.717, 1.165) is 27.1 Å². The molecule has 3 aromatic rings. The van der Waals surface area contributed by atoms with Gasteiger partial charge in [-0.25, -0.2) is 4.98 Å². The van der Waals surface area contributed by atoms with Gasteiger partial charge in [0, 0.05) is 11.5 Å². The molecule has 2 aromatic carbocycles. The van der Waals surface area contributed by atoms with Crippen molar-refractivity contribution in [2.75, 3.05) is 5.32 Å². The number of nitrogens with one attached hydrogen (secondary N) is 1. The molecular formula is C21H15BrN2O2. The highest BCUT2D eigenvalue weighted by molar-refractivity contribution is 9.10. The van der Waals surface area contributed by atoms with E-state index in [2.05, 4.69) is 21.2 Å². The quantitative estimate of drug-likeness (QED) is 0.362. The van der Waals surface area contributed by atoms with Crippen LogP contribution in [0.4, 0.5) is 5.69 Å². The van der Waals surface area contributed by atoms with Gasteiger partial charge in [-0.05, 0) is 39.7 Å². The van der Waals surface area contributed by atoms with Crippen molar-refractivity contribution in [2.45, 2.75) is 12.0 Å². The summed E-state index contributed by atoms with van der Waals surface area (Å²) in [7, 11) is 0. The number of hydrogen-bond acceptors (Lipinski definition) is 4. The van der Waals surface area contributed by atoms with Gasteiger partial charge in [0.05, 0.1) is 23.3 Å². The molecule has 0 aliphatic carbocycles. The number of pyridine rings is 1. The third-order valence-electron chi connectivity index (χ3n) is 5.11. The van der Waals surface area contributed by atoms with Crippen molar-refractivity contribution in [1.82, 2.24) is 4.98 Å². The summed E-state index contributed by atoms with van der Waals surface area (Å²) in [5.74, 6) is -0.133. The summed E-state index contributed by atoms with van der Waals surface area (Å²) in [5, 5.41) is 3.53. The number of halogens is 1. The fourth-order valence-electron chi connectivity index (χ4n) is 4.00. The van der Waals surface area contributed by atoms with Gasteiger partial charge in [0.15, 0.2) is 0 Å². The van der Waals surface area contributed by atoms with E-state index in [-0.39, 0.29) is 23.8 Å². The number of aromatic nitrogens is 1. The Hall–Kier alpha value is -2.66. The zero-order valence-corrected chi connectivity index (χ0v) is 15.3. The molecule has 26 heavy (non-hydrogen) atoms. The van der Waals surface area contributed by atoms with Crippen molar-refractivity contribution >= 4 is 27.6 Å². The molecule has 2 aliphatic rings. The summed E-state index contributed by atoms with van der Waals surface area (Å²) < 4.78 is 6.43. The van der Waals surface area contributed by atoms with Gasteiger partial charge in [-0.1, -0.05) is 48.5 Å². The Morgan fingerprint density at radius 3 is 2.58 bits per heavy atom. The van der Waals surface area contributed by atoms with Crippen LogP contribution in [0.5, 0.6) is 5.75 Å². The van der Waals surface area contributed by atoms with Crippen LogP contribution in [0.3, 0.4) is 0 Å². The lowest BCUT2D eigenvalue weighted by atomic mass is 9.73. The minimum Gasteiger partial charge on any atom is -0.426 e. The molecule has 1 N–H and O–H groups in total. The average molecular weight is 407 g/mol. The first-order chi connectivity index (χ1) is 12.7. The van der Waals surface area contributed by atoms with E-state index in [4.69, 9.17) is 9.72 Å². The van der Waals surface area contributed by atoms with Crippen molar-refractivity contribution in [3.63, 3.8) is 0 Å². The van der Waals surface area contributed by atoms with E-state index in [9.17, 15) is 4.79 Å². The fourth-order valence-corrected chi connectivity index (χ4v) is 4.33. The minimum atomic E-state index is -0.374. The Morgan fingerprint density at radius 2 is 1.73 bits per heavy atom. The first-order valence-corrected chi connectivity index (χ1v) is 9.30. The number of fused-ring (bicyclic) bond motifs is 4. The Balaban J connectivity index is 1.75. The van der Waals surface area contributed by atoms with Crippen LogP contribution in [0.2, 0.25) is 0 Å². The molecular weight excluding hydrogens is 392 g/mol. The Kier molecular flexibility index (Phi) is 3.57. The number of carbonyl (C=O) groups is 1. The maximum atomic E-state index is 13.0. The highest BCUT2D eigenvalue weighted by Crippen LogP contribution is 2.51. The number of benzene rings is 2. The van der Waals surface area contributed by atoms with Gasteiger partial charge < -0.3 is 10.1 Å². The normalized spacial score (nSPS) is 23.1. The van der Waals surface area contributed by atoms with Crippen LogP contribution in [0, 0.1) is 5.92 Å². The van der Waals surface area contributed by atoms with Gasteiger partial charge in [0.25, 0.3) is 0 Å². The molecule has 0 saturated carbocycles. The van der Waals surface area contributed by atoms with Crippen molar-refractivity contribution < 1.29 is 9.53 Å². The van der Waals surface area contributed by atoms with E-state index in [0.29, 0.717) is 5.75 Å². The molecule has 0 amide bonds. The van der Waals surface area contributed by atoms with Crippen molar-refractivity contribution in [3.05, 3.63) is 88.2 Å². The highest BCUT2D eigenvalue weighted by atomic mass is 79.9. The molecule has 5 heteroatoms. The molecule has 0 spiro atoms. The molecule has 5 rings (SSSR count). The zero-order valence-electron chi connectivity index (χ0n) is 13.7. The molecule has 3 heterocycles. The topological polar surface area (TPSA) is 51.2 Å². The van der Waals surface area contributed by atoms with E-state index < -0.39 is 0 Å². The molecule has 0 bridgehead atoms. The number of anilines is 1. The zero-order chi connectivity index (χ0) is 17.7. The van der Waals surface area contributed by atoms with Crippen molar-refractivity contribution in [2.24, 2.45) is 5.92 Å². The second kappa shape index (κ2) is 5.95. The van der Waals surface area contributed by atoms with Crippen LogP contribution in [0.15, 0.2) is 71.3 Å². The number of nitrogens with zero attached hydrogens (tertiary/aromatic N) is 1. The number of para-hydroxylation sites is 1. The standard InChI is InChI=1S/C21H15BrN2O2/c22-16-11-10-14-20(24-16)17(12-6-2-1-3-7-12)18-19(23-14)13-8-4-5-9-15(13)26-21(18)25/h1-11,17-19,23H/t17-,18-,19+/m0/s1. The Bertz CT molecular complexity index is 1010. The van der Waals surface area contributed by atoms with Gasteiger partial charge in [0.2, 0.25) is 0 Å². The molecule has 0 fully saturated rings. The number of rotatable bonds is 1. The minimum absolute atomic E-state index is 0.145. The van der Waals surface area contributed by atoms with Gasteiger partial charge >= 0.3 is 5.97 Å². The highest BCUT2D eigenvalue weighted by Gasteiger charge is 2.48. The third-order valence-corrected chi connectivity index (χ3v) is 5.55. The molecule has 4 nitrogen and oxygen atoms in total. The number of esters is 1. The summed E-state index contributed by atoms with van der Waals surface area (Å²) in [6, 6.07) is 21.6. The van der Waals surface area contributed by atoms with Crippen molar-refractivity contribution in [3.8, 4) is 5.75 Å². The maximum absolute atomic E-state index is 13.0. The van der Waals surface area contributed by atoms with E-state index in [1.165, 1.54) is 0 Å². The van der Waals surface area contributed by atoms with E-state index in [1.807, 2.05) is 66.7 Å². The van der Waals surface area contributed by atoms with Crippen LogP contribution in [0.25, 0.3) is 0 Å². The molecule has 1 aromatic heterocycles. The largest absolute Gasteiger partial charge is 0.426 e. The van der Waals surface area contributed by atoms with Gasteiger partial charge in [-0.2, -0.15) is 0 Å². The molecule has 3 atom stereocenters. The first-order valence-electron chi connectivity index (χ1n) is 8.51. The van der Waals surface area contributed by atoms with E-state index in [1.54, 1.807) is 0 Å². The lowest BCUT2D eigenvalue weighted by molar-refractivity contribution is -0.141. The fraction of sp³-hybridized carbons (Fsp3) is 0.143. The molecule has 2 aliphatic heterocycles. The van der Waals surface area contributed by atoms with Crippen LogP contribution in [-0.4, -0.2) is 11.0 Å². The molecule has 128 valence electrons. The summed E-state index contributed by atoms with van der Waals surface area (Å²) in [5.41, 5.74) is 3.88. The SMILES string of the molecule is O=C1Oc2ccccc2[C@H]2Nc3ccc(Br)nc3[C@@H](c3ccccc3)[C@H]12. The first kappa shape index (κ1) is 15.6. The monoisotopic (exact) mass is 406 g/mol. The van der Waals surface area contributed by atoms with Gasteiger partial charge in [0.1, 0.15) is 10.4 Å². The number of hydrogen-bond donors (Lipinski definition) is 1. The predicted molar refractivity (Wildman–Crippen MR) is 102 cm³/mol. The van der Waals surface area contributed by atoms with Crippen LogP contribution in [-0.2, 0) is 4.79 Å². The number of ether oxygens (including phenoxy) is 1. The second-order valence-electron chi connectivity index (χ2n) is 6.56. The Labute approximate surface area is 159 Å². The predicted octanol–water partition coefficient (Wildman–Crippen LogP) is 4.68. The summed E-state index contributed by atoms with van der Waals surface area (Å²) in [4.78, 5) is 17.7. The Morgan fingerprint density at radius 1 is 0.962 bits per heavy atom. The van der Waals surface area contributed by atoms with Gasteiger partial charge in [-0.3, -0.25) is 4.79 Å². The third kappa shape index (κ3) is 2.35. The second-order valence-corrected chi connectivity index (χ2v) is 7.37. The molecule has 0 radical (unpaired) electrons. The number of carbonyl (C=O) groups excluding carboxylic acids is 1. The molecule has 0 saturated heterocycles. The van der Waals surface area contributed by atoms with Crippen molar-refractivity contribution in [1.29, 1.82) is 0 Å². The van der Waals surface area contributed by atoms with Crippen LogP contribution >= 0.6 is 15.9 Å². The summed E-state index contributed by atoms with van der Waals surface area (Å²) >= 11 is 3.46. The average Bonchev–Trinajstić information content (AvgIpc) is 2.67. The lowest BCUT2D eigenvalue weighted by Gasteiger charge is -2.42. The molecule has 0 unspecified atom stereocenters. The lowest BCUT2D eigenvalue weighted by Crippen LogP contribution is -2.42. The van der Waals surface area contributed by atoms with E-state index >= 15 is 0 Å². The van der Waals surface area contributed by atoms with Crippen LogP contribution < -0.4 is 10.1 Å². The van der Waals surface area contributed by atoms with Gasteiger partial charge in [-0.15, -0.1) is 0 Å². The maximum Gasteiger partial charge on any atom is 0.317 e. The summed E-state index contributed by atoms with van der Waals surface area (Å²) in [6.07, 6.45) is 0. The summed E-state index contributed by atoms with van der Waals surface area (Å²) in [6.45, 7) is 0.